The molecule has 0 bridgehead atoms. The molecule has 2 N–H and O–H groups in total. The van der Waals surface area contributed by atoms with Crippen LogP contribution in [0.2, 0.25) is 0 Å². The van der Waals surface area contributed by atoms with E-state index in [1.54, 1.807) is 0 Å². The highest BCUT2D eigenvalue weighted by Crippen LogP contribution is 2.41. The molecule has 1 aliphatic heterocycles. The predicted octanol–water partition coefficient (Wildman–Crippen LogP) is 4.03. The predicted molar refractivity (Wildman–Crippen MR) is 83.0 cm³/mol. The number of aromatic nitrogens is 1. The Morgan fingerprint density at radius 1 is 1.25 bits per heavy atom. The zero-order valence-corrected chi connectivity index (χ0v) is 12.0. The Labute approximate surface area is 121 Å². The van der Waals surface area contributed by atoms with Gasteiger partial charge in [-0.2, -0.15) is 4.98 Å². The van der Waals surface area contributed by atoms with Gasteiger partial charge in [0.05, 0.1) is 5.39 Å². The fourth-order valence-electron chi connectivity index (χ4n) is 2.60. The number of rotatable bonds is 1. The van der Waals surface area contributed by atoms with Crippen LogP contribution < -0.4 is 5.73 Å². The number of nitrogens with zero attached hydrogens (tertiary/aromatic N) is 1. The number of anilines is 1. The van der Waals surface area contributed by atoms with Crippen LogP contribution in [0.3, 0.4) is 0 Å². The average Bonchev–Trinajstić information content (AvgIpc) is 3.05. The monoisotopic (exact) mass is 282 g/mol. The average molecular weight is 282 g/mol. The lowest BCUT2D eigenvalue weighted by Crippen LogP contribution is -1.96. The number of nitrogens with two attached hydrogens (primary N) is 1. The van der Waals surface area contributed by atoms with Crippen LogP contribution in [0.25, 0.3) is 22.4 Å². The van der Waals surface area contributed by atoms with Crippen molar-refractivity contribution in [1.82, 2.24) is 4.98 Å². The van der Waals surface area contributed by atoms with Gasteiger partial charge in [-0.3, -0.25) is 0 Å². The quantitative estimate of drug-likeness (QED) is 0.732. The number of fused-ring (bicyclic) bond motifs is 3. The molecule has 0 radical (unpaired) electrons. The summed E-state index contributed by atoms with van der Waals surface area (Å²) in [6.07, 6.45) is 1.000. The minimum Gasteiger partial charge on any atom is -0.438 e. The first-order valence-electron chi connectivity index (χ1n) is 6.64. The molecule has 2 aromatic heterocycles. The molecule has 0 atom stereocenters. The van der Waals surface area contributed by atoms with Crippen LogP contribution >= 0.6 is 11.8 Å². The van der Waals surface area contributed by atoms with Crippen LogP contribution in [0.1, 0.15) is 11.1 Å². The highest BCUT2D eigenvalue weighted by atomic mass is 32.2. The van der Waals surface area contributed by atoms with E-state index in [1.165, 1.54) is 16.0 Å². The summed E-state index contributed by atoms with van der Waals surface area (Å²) < 4.78 is 5.90. The fraction of sp³-hybridized carbons (Fsp3) is 0.188. The summed E-state index contributed by atoms with van der Waals surface area (Å²) in [5.74, 6) is 2.54. The number of hydrogen-bond acceptors (Lipinski definition) is 4. The lowest BCUT2D eigenvalue weighted by molar-refractivity contribution is 0.618. The Kier molecular flexibility index (Phi) is 2.54. The van der Waals surface area contributed by atoms with Gasteiger partial charge in [-0.25, -0.2) is 0 Å². The number of nitrogen functional groups attached to an aromatic ring is 1. The zero-order valence-electron chi connectivity index (χ0n) is 11.1. The summed E-state index contributed by atoms with van der Waals surface area (Å²) in [6, 6.07) is 10.4. The van der Waals surface area contributed by atoms with Crippen molar-refractivity contribution in [2.24, 2.45) is 0 Å². The van der Waals surface area contributed by atoms with Gasteiger partial charge in [0.15, 0.2) is 0 Å². The van der Waals surface area contributed by atoms with Gasteiger partial charge in [-0.05, 0) is 19.4 Å². The number of hydrogen-bond donors (Lipinski definition) is 1. The Balaban J connectivity index is 1.93. The molecule has 4 rings (SSSR count). The van der Waals surface area contributed by atoms with Crippen LogP contribution in [0, 0.1) is 6.92 Å². The molecule has 3 aromatic rings. The van der Waals surface area contributed by atoms with E-state index in [1.807, 2.05) is 11.8 Å². The van der Waals surface area contributed by atoms with E-state index in [2.05, 4.69) is 42.2 Å². The van der Waals surface area contributed by atoms with Crippen molar-refractivity contribution < 1.29 is 4.42 Å². The number of furan rings is 1. The molecule has 0 amide bonds. The lowest BCUT2D eigenvalue weighted by Gasteiger charge is -2.01. The smallest absolute Gasteiger partial charge is 0.229 e. The first kappa shape index (κ1) is 11.9. The third-order valence-electron chi connectivity index (χ3n) is 3.70. The SMILES string of the molecule is Cc1ccc(-c2cc3c4c(c(N)nc3o2)CCS4)cc1. The summed E-state index contributed by atoms with van der Waals surface area (Å²) in [4.78, 5) is 5.65. The second-order valence-corrected chi connectivity index (χ2v) is 6.20. The molecule has 1 aliphatic rings. The summed E-state index contributed by atoms with van der Waals surface area (Å²) >= 11 is 1.84. The van der Waals surface area contributed by atoms with Crippen LogP contribution in [0.15, 0.2) is 39.6 Å². The minimum absolute atomic E-state index is 0.613. The highest BCUT2D eigenvalue weighted by molar-refractivity contribution is 7.99. The second kappa shape index (κ2) is 4.28. The molecule has 3 heterocycles. The van der Waals surface area contributed by atoms with Crippen LogP contribution in [0.4, 0.5) is 5.82 Å². The van der Waals surface area contributed by atoms with Crippen LogP contribution in [-0.4, -0.2) is 10.7 Å². The second-order valence-electron chi connectivity index (χ2n) is 5.10. The van der Waals surface area contributed by atoms with Gasteiger partial charge in [0.25, 0.3) is 0 Å². The van der Waals surface area contributed by atoms with E-state index < -0.39 is 0 Å². The van der Waals surface area contributed by atoms with Crippen molar-refractivity contribution in [3.05, 3.63) is 41.5 Å². The molecular weight excluding hydrogens is 268 g/mol. The van der Waals surface area contributed by atoms with E-state index in [4.69, 9.17) is 10.2 Å². The normalized spacial score (nSPS) is 13.8. The van der Waals surface area contributed by atoms with Gasteiger partial charge in [0, 0.05) is 21.8 Å². The van der Waals surface area contributed by atoms with E-state index in [9.17, 15) is 0 Å². The standard InChI is InChI=1S/C16H14N2OS/c1-9-2-4-10(5-3-9)13-8-12-14-11(6-7-20-14)15(17)18-16(12)19-13/h2-5,8H,6-7H2,1H3,(H2,17,18). The molecule has 0 saturated carbocycles. The first-order valence-corrected chi connectivity index (χ1v) is 7.62. The molecule has 0 fully saturated rings. The molecule has 0 spiro atoms. The summed E-state index contributed by atoms with van der Waals surface area (Å²) in [5.41, 5.74) is 10.2. The largest absolute Gasteiger partial charge is 0.438 e. The third-order valence-corrected chi connectivity index (χ3v) is 4.86. The van der Waals surface area contributed by atoms with Gasteiger partial charge in [-0.1, -0.05) is 29.8 Å². The molecule has 1 aromatic carbocycles. The van der Waals surface area contributed by atoms with Crippen molar-refractivity contribution >= 4 is 28.7 Å². The maximum absolute atomic E-state index is 6.02. The van der Waals surface area contributed by atoms with Gasteiger partial charge in [0.1, 0.15) is 11.6 Å². The van der Waals surface area contributed by atoms with Crippen molar-refractivity contribution in [2.45, 2.75) is 18.2 Å². The van der Waals surface area contributed by atoms with E-state index in [0.717, 1.165) is 28.9 Å². The van der Waals surface area contributed by atoms with Crippen molar-refractivity contribution in [1.29, 1.82) is 0 Å². The number of thioether (sulfide) groups is 1. The van der Waals surface area contributed by atoms with Crippen molar-refractivity contribution in [2.75, 3.05) is 11.5 Å². The van der Waals surface area contributed by atoms with Gasteiger partial charge in [-0.15, -0.1) is 11.8 Å². The lowest BCUT2D eigenvalue weighted by atomic mass is 10.1. The van der Waals surface area contributed by atoms with Crippen LogP contribution in [0.5, 0.6) is 0 Å². The molecule has 4 heteroatoms. The molecule has 0 saturated heterocycles. The van der Waals surface area contributed by atoms with E-state index in [0.29, 0.717) is 11.5 Å². The van der Waals surface area contributed by atoms with Crippen molar-refractivity contribution in [3.8, 4) is 11.3 Å². The number of benzene rings is 1. The maximum Gasteiger partial charge on any atom is 0.229 e. The highest BCUT2D eigenvalue weighted by Gasteiger charge is 2.22. The molecule has 0 aliphatic carbocycles. The summed E-state index contributed by atoms with van der Waals surface area (Å²) in [6.45, 7) is 2.08. The molecule has 100 valence electrons. The topological polar surface area (TPSA) is 52.0 Å². The van der Waals surface area contributed by atoms with Gasteiger partial charge < -0.3 is 10.2 Å². The molecular formula is C16H14N2OS. The summed E-state index contributed by atoms with van der Waals surface area (Å²) in [5, 5.41) is 1.09. The fourth-order valence-corrected chi connectivity index (χ4v) is 3.80. The minimum atomic E-state index is 0.613. The van der Waals surface area contributed by atoms with Gasteiger partial charge in [0.2, 0.25) is 5.71 Å². The Morgan fingerprint density at radius 2 is 2.05 bits per heavy atom. The Bertz CT molecular complexity index is 805. The van der Waals surface area contributed by atoms with E-state index >= 15 is 0 Å². The van der Waals surface area contributed by atoms with E-state index in [-0.39, 0.29) is 0 Å². The molecule has 3 nitrogen and oxygen atoms in total. The van der Waals surface area contributed by atoms with Gasteiger partial charge >= 0.3 is 0 Å². The first-order chi connectivity index (χ1) is 9.72. The Hall–Kier alpha value is -1.94. The number of pyridine rings is 1. The number of aryl methyl sites for hydroxylation is 1. The maximum atomic E-state index is 6.02. The molecule has 0 unspecified atom stereocenters. The molecule has 20 heavy (non-hydrogen) atoms. The van der Waals surface area contributed by atoms with Crippen molar-refractivity contribution in [3.63, 3.8) is 0 Å². The van der Waals surface area contributed by atoms with Crippen LogP contribution in [-0.2, 0) is 6.42 Å². The third kappa shape index (κ3) is 1.72. The summed E-state index contributed by atoms with van der Waals surface area (Å²) in [7, 11) is 0. The Morgan fingerprint density at radius 3 is 2.85 bits per heavy atom. The zero-order chi connectivity index (χ0) is 13.7.